The van der Waals surface area contributed by atoms with Crippen molar-refractivity contribution < 1.29 is 40.9 Å². The molecule has 0 bridgehead atoms. The third kappa shape index (κ3) is 6.85. The van der Waals surface area contributed by atoms with E-state index in [-0.39, 0.29) is 0 Å². The summed E-state index contributed by atoms with van der Waals surface area (Å²) in [6.07, 6.45) is -15.5. The van der Waals surface area contributed by atoms with Crippen molar-refractivity contribution in [3.05, 3.63) is 0 Å². The van der Waals surface area contributed by atoms with Gasteiger partial charge in [-0.1, -0.05) is 0 Å². The molecule has 98 valence electrons. The molecular formula is C7H10F6O3. The number of hydrogen-bond acceptors (Lipinski definition) is 3. The number of halogens is 6. The van der Waals surface area contributed by atoms with Gasteiger partial charge in [0, 0.05) is 0 Å². The summed E-state index contributed by atoms with van der Waals surface area (Å²) >= 11 is 0. The van der Waals surface area contributed by atoms with Gasteiger partial charge in [0.05, 0.1) is 26.4 Å². The normalized spacial score (nSPS) is 18.0. The Morgan fingerprint density at radius 1 is 0.750 bits per heavy atom. The van der Waals surface area contributed by atoms with Gasteiger partial charge in [-0.15, -0.1) is 0 Å². The van der Waals surface area contributed by atoms with E-state index in [9.17, 15) is 26.3 Å². The lowest BCUT2D eigenvalue weighted by atomic mass is 10.3. The van der Waals surface area contributed by atoms with Crippen LogP contribution in [-0.2, 0) is 9.47 Å². The van der Waals surface area contributed by atoms with Crippen LogP contribution in [0.15, 0.2) is 0 Å². The highest BCUT2D eigenvalue weighted by Gasteiger charge is 2.55. The van der Waals surface area contributed by atoms with E-state index in [1.165, 1.54) is 0 Å². The zero-order valence-corrected chi connectivity index (χ0v) is 7.94. The average molecular weight is 256 g/mol. The van der Waals surface area contributed by atoms with Crippen LogP contribution in [0.4, 0.5) is 26.3 Å². The molecule has 0 atom stereocenters. The molecule has 0 spiro atoms. The minimum Gasteiger partial charge on any atom is -0.377 e. The molecule has 16 heavy (non-hydrogen) atoms. The number of hydrogen-bond donors (Lipinski definition) is 1. The Hall–Kier alpha value is -0.540. The van der Waals surface area contributed by atoms with E-state index < -0.39 is 18.5 Å². The molecule has 1 N–H and O–H groups in total. The molecule has 0 radical (unpaired) electrons. The first kappa shape index (κ1) is 15.5. The van der Waals surface area contributed by atoms with Crippen molar-refractivity contribution >= 4 is 0 Å². The van der Waals surface area contributed by atoms with Gasteiger partial charge in [-0.2, -0.15) is 26.3 Å². The molecule has 3 nitrogen and oxygen atoms in total. The quantitative estimate of drug-likeness (QED) is 0.667. The Morgan fingerprint density at radius 3 is 1.06 bits per heavy atom. The Bertz CT molecular complexity index is 160. The topological polar surface area (TPSA) is 38.7 Å². The van der Waals surface area contributed by atoms with E-state index in [2.05, 4.69) is 0 Å². The van der Waals surface area contributed by atoms with Crippen LogP contribution in [0.25, 0.3) is 0 Å². The summed E-state index contributed by atoms with van der Waals surface area (Å²) in [6, 6.07) is 0. The number of ether oxygens (including phenoxy) is 2. The predicted octanol–water partition coefficient (Wildman–Crippen LogP) is 1.51. The van der Waals surface area contributed by atoms with E-state index in [1.807, 2.05) is 0 Å². The summed E-state index contributed by atoms with van der Waals surface area (Å²) < 4.78 is 75.7. The first-order chi connectivity index (χ1) is 7.15. The third-order valence-electron chi connectivity index (χ3n) is 1.36. The lowest BCUT2D eigenvalue weighted by Gasteiger charge is -2.16. The third-order valence-corrected chi connectivity index (χ3v) is 1.36. The van der Waals surface area contributed by atoms with Crippen LogP contribution in [0.3, 0.4) is 0 Å². The summed E-state index contributed by atoms with van der Waals surface area (Å²) in [5, 5.41) is 7.47. The summed E-state index contributed by atoms with van der Waals surface area (Å²) in [7, 11) is 0. The lowest BCUT2D eigenvalue weighted by molar-refractivity contribution is -0.308. The van der Waals surface area contributed by atoms with Crippen molar-refractivity contribution in [2.75, 3.05) is 26.4 Å². The first-order valence-electron chi connectivity index (χ1n) is 4.12. The predicted molar refractivity (Wildman–Crippen MR) is 39.8 cm³/mol. The number of aliphatic hydroxyl groups excluding tert-OH is 1. The largest absolute Gasteiger partial charge is 0.423 e. The van der Waals surface area contributed by atoms with E-state index in [1.54, 1.807) is 0 Å². The summed E-state index contributed by atoms with van der Waals surface area (Å²) in [6.45, 7) is 3.11. The molecule has 1 aliphatic heterocycles. The highest BCUT2D eigenvalue weighted by molar-refractivity contribution is 4.72. The van der Waals surface area contributed by atoms with Gasteiger partial charge < -0.3 is 14.6 Å². The standard InChI is InChI=1S/C4H8O2.C3H2F6O/c1-2-6-4-3-5-1;4-2(5,6)1(10)3(7,8)9/h1-4H2;1,10H. The van der Waals surface area contributed by atoms with Crippen molar-refractivity contribution in [2.24, 2.45) is 0 Å². The molecule has 0 aromatic carbocycles. The monoisotopic (exact) mass is 256 g/mol. The fraction of sp³-hybridized carbons (Fsp3) is 1.00. The van der Waals surface area contributed by atoms with Crippen LogP contribution in [0.1, 0.15) is 0 Å². The molecule has 0 aromatic heterocycles. The molecule has 1 fully saturated rings. The highest BCUT2D eigenvalue weighted by atomic mass is 19.4. The second-order valence-corrected chi connectivity index (χ2v) is 2.71. The molecule has 0 aromatic rings. The average Bonchev–Trinajstić information content (AvgIpc) is 2.17. The maximum Gasteiger partial charge on any atom is 0.423 e. The summed E-state index contributed by atoms with van der Waals surface area (Å²) in [4.78, 5) is 0. The van der Waals surface area contributed by atoms with Crippen molar-refractivity contribution in [3.8, 4) is 0 Å². The second kappa shape index (κ2) is 6.26. The van der Waals surface area contributed by atoms with E-state index >= 15 is 0 Å². The zero-order chi connectivity index (χ0) is 12.8. The van der Waals surface area contributed by atoms with E-state index in [4.69, 9.17) is 14.6 Å². The molecule has 0 unspecified atom stereocenters. The van der Waals surface area contributed by atoms with Crippen molar-refractivity contribution in [1.29, 1.82) is 0 Å². The SMILES string of the molecule is C1COCCO1.OC(C(F)(F)F)C(F)(F)F. The highest BCUT2D eigenvalue weighted by Crippen LogP contribution is 2.32. The number of aliphatic hydroxyl groups is 1. The molecule has 1 heterocycles. The summed E-state index contributed by atoms with van der Waals surface area (Å²) in [5.41, 5.74) is 0. The maximum atomic E-state index is 11.0. The smallest absolute Gasteiger partial charge is 0.377 e. The zero-order valence-electron chi connectivity index (χ0n) is 7.94. The Morgan fingerprint density at radius 2 is 1.00 bits per heavy atom. The molecule has 1 rings (SSSR count). The molecule has 0 amide bonds. The fourth-order valence-corrected chi connectivity index (χ4v) is 0.625. The van der Waals surface area contributed by atoms with Gasteiger partial charge in [0.15, 0.2) is 0 Å². The van der Waals surface area contributed by atoms with E-state index in [0.29, 0.717) is 0 Å². The van der Waals surface area contributed by atoms with Crippen LogP contribution in [0, 0.1) is 0 Å². The minimum atomic E-state index is -5.63. The molecule has 0 saturated carbocycles. The molecule has 1 aliphatic rings. The van der Waals surface area contributed by atoms with Gasteiger partial charge in [0.2, 0.25) is 6.10 Å². The maximum absolute atomic E-state index is 11.0. The van der Waals surface area contributed by atoms with Crippen LogP contribution in [0.5, 0.6) is 0 Å². The Labute approximate surface area is 86.9 Å². The van der Waals surface area contributed by atoms with Gasteiger partial charge in [-0.05, 0) is 0 Å². The van der Waals surface area contributed by atoms with Gasteiger partial charge in [0.1, 0.15) is 0 Å². The lowest BCUT2D eigenvalue weighted by Crippen LogP contribution is -2.41. The number of alkyl halides is 6. The van der Waals surface area contributed by atoms with Gasteiger partial charge >= 0.3 is 12.4 Å². The molecule has 0 aliphatic carbocycles. The minimum absolute atomic E-state index is 0.778. The molecular weight excluding hydrogens is 246 g/mol. The Kier molecular flexibility index (Phi) is 6.05. The van der Waals surface area contributed by atoms with Gasteiger partial charge in [-0.25, -0.2) is 0 Å². The van der Waals surface area contributed by atoms with Gasteiger partial charge in [-0.3, -0.25) is 0 Å². The van der Waals surface area contributed by atoms with Crippen molar-refractivity contribution in [1.82, 2.24) is 0 Å². The first-order valence-corrected chi connectivity index (χ1v) is 4.12. The van der Waals surface area contributed by atoms with E-state index in [0.717, 1.165) is 26.4 Å². The van der Waals surface area contributed by atoms with Crippen molar-refractivity contribution in [3.63, 3.8) is 0 Å². The fourth-order valence-electron chi connectivity index (χ4n) is 0.625. The van der Waals surface area contributed by atoms with Crippen molar-refractivity contribution in [2.45, 2.75) is 18.5 Å². The molecule has 1 saturated heterocycles. The van der Waals surface area contributed by atoms with Crippen LogP contribution in [-0.4, -0.2) is 50.0 Å². The summed E-state index contributed by atoms with van der Waals surface area (Å²) in [5.74, 6) is 0. The van der Waals surface area contributed by atoms with Crippen LogP contribution in [0.2, 0.25) is 0 Å². The van der Waals surface area contributed by atoms with Gasteiger partial charge in [0.25, 0.3) is 0 Å². The van der Waals surface area contributed by atoms with Crippen LogP contribution < -0.4 is 0 Å². The molecule has 9 heteroatoms. The number of rotatable bonds is 0. The second-order valence-electron chi connectivity index (χ2n) is 2.71. The van der Waals surface area contributed by atoms with Crippen LogP contribution >= 0.6 is 0 Å². The Balaban J connectivity index is 0.000000315.